The smallest absolute Gasteiger partial charge is 0.265 e. The molecule has 0 unspecified atom stereocenters. The topological polar surface area (TPSA) is 124 Å². The number of aliphatic hydroxyl groups excluding tert-OH is 1. The molecule has 1 N–H and O–H groups in total. The van der Waals surface area contributed by atoms with E-state index in [9.17, 15) is 5.11 Å². The van der Waals surface area contributed by atoms with Crippen molar-refractivity contribution < 1.29 is 33.1 Å². The first-order chi connectivity index (χ1) is 26.3. The predicted molar refractivity (Wildman–Crippen MR) is 212 cm³/mol. The van der Waals surface area contributed by atoms with Gasteiger partial charge < -0.3 is 23.5 Å². The predicted octanol–water partition coefficient (Wildman–Crippen LogP) is 8.63. The number of rotatable bonds is 13. The molecule has 286 valence electrons. The quantitative estimate of drug-likeness (QED) is 0.0805. The molecule has 0 spiro atoms. The van der Waals surface area contributed by atoms with Crippen molar-refractivity contribution in [3.05, 3.63) is 138 Å². The van der Waals surface area contributed by atoms with Gasteiger partial charge in [0.2, 0.25) is 11.6 Å². The van der Waals surface area contributed by atoms with Gasteiger partial charge in [-0.3, -0.25) is 19.5 Å². The minimum absolute atomic E-state index is 0.00699. The summed E-state index contributed by atoms with van der Waals surface area (Å²) < 4.78 is 25.9. The number of hydrogen-bond donors (Lipinski definition) is 1. The number of aromatic nitrogens is 2. The van der Waals surface area contributed by atoms with Crippen molar-refractivity contribution in [2.45, 2.75) is 76.6 Å². The van der Waals surface area contributed by atoms with E-state index in [0.29, 0.717) is 43.0 Å². The molecule has 2 aromatic carbocycles. The van der Waals surface area contributed by atoms with E-state index in [4.69, 9.17) is 18.4 Å². The van der Waals surface area contributed by atoms with Gasteiger partial charge in [-0.1, -0.05) is 93.6 Å². The van der Waals surface area contributed by atoms with E-state index in [1.807, 2.05) is 73.8 Å². The number of ketones is 2. The highest BCUT2D eigenvalue weighted by Crippen LogP contribution is 2.59. The standard InChI is InChI=1S/C44H49N3O7Si/c1-8-20-47(21-9-2)37-32-23-30-22-31-24-45-25-33(51-26-28-16-12-10-13-17-28)34(31)38(48)35(30)40(49)44(32,54-55(6,7)43(3,4)5)41(50)36-39(37)53-46-42(36)52-27-29-18-14-11-15-19-29/h8-19,24-25,30,32,37,48H,1-2,20-23,26-27H2,3-7H3/t30-,32-,37-,44-/m0/s1. The zero-order valence-corrected chi connectivity index (χ0v) is 33.2. The lowest BCUT2D eigenvalue weighted by molar-refractivity contribution is -0.141. The van der Waals surface area contributed by atoms with Gasteiger partial charge in [0.1, 0.15) is 30.3 Å². The molecule has 4 aromatic rings. The van der Waals surface area contributed by atoms with Crippen molar-refractivity contribution in [1.82, 2.24) is 15.0 Å². The van der Waals surface area contributed by atoms with E-state index < -0.39 is 43.4 Å². The molecular formula is C44H49N3O7Si. The summed E-state index contributed by atoms with van der Waals surface area (Å²) in [6, 6.07) is 18.6. The van der Waals surface area contributed by atoms with E-state index in [1.54, 1.807) is 24.5 Å². The van der Waals surface area contributed by atoms with Crippen LogP contribution in [0.25, 0.3) is 5.76 Å². The Morgan fingerprint density at radius 2 is 1.55 bits per heavy atom. The van der Waals surface area contributed by atoms with Crippen LogP contribution in [0.3, 0.4) is 0 Å². The highest BCUT2D eigenvalue weighted by atomic mass is 28.4. The van der Waals surface area contributed by atoms with Crippen LogP contribution in [0.2, 0.25) is 18.1 Å². The van der Waals surface area contributed by atoms with E-state index in [2.05, 4.69) is 49.0 Å². The van der Waals surface area contributed by atoms with Gasteiger partial charge in [0.15, 0.2) is 19.7 Å². The lowest BCUT2D eigenvalue weighted by atomic mass is 9.57. The zero-order valence-electron chi connectivity index (χ0n) is 32.2. The van der Waals surface area contributed by atoms with E-state index in [1.165, 1.54) is 0 Å². The van der Waals surface area contributed by atoms with E-state index in [-0.39, 0.29) is 41.0 Å². The fourth-order valence-electron chi connectivity index (χ4n) is 8.07. The Morgan fingerprint density at radius 1 is 0.927 bits per heavy atom. The molecule has 1 saturated carbocycles. The third-order valence-electron chi connectivity index (χ3n) is 11.7. The maximum atomic E-state index is 15.8. The average Bonchev–Trinajstić information content (AvgIpc) is 3.58. The number of nitrogens with zero attached hydrogens (tertiary/aromatic N) is 3. The molecule has 0 saturated heterocycles. The Balaban J connectivity index is 1.42. The second-order valence-electron chi connectivity index (χ2n) is 16.2. The van der Waals surface area contributed by atoms with Crippen LogP contribution in [-0.2, 0) is 28.9 Å². The number of hydrogen-bond acceptors (Lipinski definition) is 10. The lowest BCUT2D eigenvalue weighted by Gasteiger charge is -2.55. The summed E-state index contributed by atoms with van der Waals surface area (Å²) in [6.07, 6.45) is 7.56. The number of carbonyl (C=O) groups excluding carboxylic acids is 2. The summed E-state index contributed by atoms with van der Waals surface area (Å²) in [5.41, 5.74) is 1.18. The molecule has 2 heterocycles. The van der Waals surface area contributed by atoms with Crippen LogP contribution < -0.4 is 9.47 Å². The molecule has 0 radical (unpaired) electrons. The molecule has 0 aliphatic heterocycles. The molecule has 3 aliphatic rings. The summed E-state index contributed by atoms with van der Waals surface area (Å²) >= 11 is 0. The average molecular weight is 760 g/mol. The first-order valence-corrected chi connectivity index (χ1v) is 21.7. The van der Waals surface area contributed by atoms with Gasteiger partial charge in [-0.2, -0.15) is 0 Å². The van der Waals surface area contributed by atoms with Gasteiger partial charge in [0, 0.05) is 30.8 Å². The van der Waals surface area contributed by atoms with Gasteiger partial charge in [-0.25, -0.2) is 0 Å². The van der Waals surface area contributed by atoms with Crippen LogP contribution in [0, 0.1) is 11.8 Å². The Kier molecular flexibility index (Phi) is 10.3. The second kappa shape index (κ2) is 14.9. The van der Waals surface area contributed by atoms with Gasteiger partial charge in [-0.05, 0) is 58.7 Å². The highest BCUT2D eigenvalue weighted by Gasteiger charge is 2.69. The third-order valence-corrected chi connectivity index (χ3v) is 16.1. The van der Waals surface area contributed by atoms with Crippen molar-refractivity contribution in [3.63, 3.8) is 0 Å². The Hall–Kier alpha value is -5.10. The SMILES string of the molecule is C=CCN(CC=C)[C@@H]1c2onc(OCc3ccccc3)c2C(=O)[C@@]2(O[Si](C)(C)C(C)(C)C)C(=O)C3=C(O)c4c(cncc4OCc4ccccc4)C[C@H]3C[C@@H]12. The van der Waals surface area contributed by atoms with Gasteiger partial charge in [-0.15, -0.1) is 13.2 Å². The third kappa shape index (κ3) is 6.68. The number of Topliss-reactive ketones (excluding diaryl/α,β-unsaturated/α-hetero) is 2. The van der Waals surface area contributed by atoms with Crippen LogP contribution in [0.15, 0.2) is 108 Å². The van der Waals surface area contributed by atoms with Crippen molar-refractivity contribution in [2.24, 2.45) is 11.8 Å². The molecule has 1 fully saturated rings. The van der Waals surface area contributed by atoms with Crippen molar-refractivity contribution in [2.75, 3.05) is 13.1 Å². The van der Waals surface area contributed by atoms with Crippen molar-refractivity contribution in [1.29, 1.82) is 0 Å². The second-order valence-corrected chi connectivity index (χ2v) is 20.9. The molecule has 7 rings (SSSR count). The van der Waals surface area contributed by atoms with Crippen molar-refractivity contribution in [3.8, 4) is 11.6 Å². The maximum absolute atomic E-state index is 15.8. The maximum Gasteiger partial charge on any atom is 0.265 e. The Morgan fingerprint density at radius 3 is 2.15 bits per heavy atom. The molecule has 55 heavy (non-hydrogen) atoms. The summed E-state index contributed by atoms with van der Waals surface area (Å²) in [6.45, 7) is 19.5. The van der Waals surface area contributed by atoms with Crippen LogP contribution in [0.1, 0.15) is 71.6 Å². The van der Waals surface area contributed by atoms with Crippen molar-refractivity contribution >= 4 is 25.6 Å². The summed E-state index contributed by atoms with van der Waals surface area (Å²) in [4.78, 5) is 38.0. The van der Waals surface area contributed by atoms with Gasteiger partial charge in [0.05, 0.1) is 17.8 Å². The molecule has 2 aromatic heterocycles. The Bertz CT molecular complexity index is 2130. The monoisotopic (exact) mass is 759 g/mol. The molecule has 0 bridgehead atoms. The van der Waals surface area contributed by atoms with E-state index in [0.717, 1.165) is 16.7 Å². The van der Waals surface area contributed by atoms with Crippen LogP contribution >= 0.6 is 0 Å². The van der Waals surface area contributed by atoms with E-state index >= 15 is 9.59 Å². The van der Waals surface area contributed by atoms with Gasteiger partial charge in [0.25, 0.3) is 5.88 Å². The molecular weight excluding hydrogens is 711 g/mol. The summed E-state index contributed by atoms with van der Waals surface area (Å²) in [5, 5.41) is 16.3. The van der Waals surface area contributed by atoms with Crippen LogP contribution in [0.5, 0.6) is 11.6 Å². The largest absolute Gasteiger partial charge is 0.507 e. The first-order valence-electron chi connectivity index (χ1n) is 18.8. The molecule has 4 atom stereocenters. The summed E-state index contributed by atoms with van der Waals surface area (Å²) in [7, 11) is -2.93. The fourth-order valence-corrected chi connectivity index (χ4v) is 9.52. The molecule has 3 aliphatic carbocycles. The summed E-state index contributed by atoms with van der Waals surface area (Å²) in [5.74, 6) is -1.85. The number of pyridine rings is 1. The Labute approximate surface area is 323 Å². The highest BCUT2D eigenvalue weighted by molar-refractivity contribution is 6.74. The van der Waals surface area contributed by atoms with Crippen LogP contribution in [0.4, 0.5) is 0 Å². The number of carbonyl (C=O) groups is 2. The first kappa shape index (κ1) is 38.2. The minimum atomic E-state index is -2.93. The molecule has 0 amide bonds. The lowest BCUT2D eigenvalue weighted by Crippen LogP contribution is -2.68. The number of aliphatic hydroxyl groups is 1. The fraction of sp³-hybridized carbons (Fsp3) is 0.364. The molecule has 11 heteroatoms. The zero-order chi connectivity index (χ0) is 39.1. The number of ether oxygens (including phenoxy) is 2. The number of benzene rings is 2. The van der Waals surface area contributed by atoms with Crippen LogP contribution in [-0.4, -0.2) is 58.7 Å². The minimum Gasteiger partial charge on any atom is -0.507 e. The normalized spacial score (nSPS) is 22.0. The number of fused-ring (bicyclic) bond motifs is 4. The molecule has 10 nitrogen and oxygen atoms in total. The van der Waals surface area contributed by atoms with Gasteiger partial charge >= 0.3 is 0 Å².